The highest BCUT2D eigenvalue weighted by atomic mass is 79.9. The monoisotopic (exact) mass is 406 g/mol. The molecule has 0 aliphatic carbocycles. The van der Waals surface area contributed by atoms with Crippen LogP contribution < -0.4 is 15.4 Å². The second kappa shape index (κ2) is 11.3. The average molecular weight is 407 g/mol. The fourth-order valence-electron chi connectivity index (χ4n) is 2.52. The Morgan fingerprint density at radius 3 is 2.60 bits per heavy atom. The number of hydrogen-bond donors (Lipinski definition) is 3. The number of nitrogens with one attached hydrogen (secondary N) is 2. The number of hydrogen-bond acceptors (Lipinski definition) is 4. The van der Waals surface area contributed by atoms with Crippen molar-refractivity contribution in [2.24, 2.45) is 0 Å². The minimum Gasteiger partial charge on any atom is -0.489 e. The van der Waals surface area contributed by atoms with Crippen molar-refractivity contribution in [1.29, 1.82) is 0 Å². The third-order valence-electron chi connectivity index (χ3n) is 3.98. The molecule has 0 spiro atoms. The Morgan fingerprint density at radius 1 is 1.00 bits per heavy atom. The normalized spacial score (nSPS) is 10.8. The van der Waals surface area contributed by atoms with Gasteiger partial charge in [0, 0.05) is 23.1 Å². The van der Waals surface area contributed by atoms with Gasteiger partial charge in [-0.15, -0.1) is 0 Å². The summed E-state index contributed by atoms with van der Waals surface area (Å²) in [4.78, 5) is 0. The Bertz CT molecular complexity index is 649. The van der Waals surface area contributed by atoms with E-state index in [1.807, 2.05) is 24.3 Å². The lowest BCUT2D eigenvalue weighted by Gasteiger charge is -2.14. The van der Waals surface area contributed by atoms with Crippen LogP contribution in [0.1, 0.15) is 23.1 Å². The SMILES string of the molecule is Cc1ccccc1COc1ccc(Br)cc1CNCCCNCCO. The first-order chi connectivity index (χ1) is 12.2. The summed E-state index contributed by atoms with van der Waals surface area (Å²) in [7, 11) is 0. The van der Waals surface area contributed by atoms with Crippen LogP contribution in [-0.4, -0.2) is 31.3 Å². The molecule has 0 fully saturated rings. The van der Waals surface area contributed by atoms with Gasteiger partial charge in [0.15, 0.2) is 0 Å². The van der Waals surface area contributed by atoms with Crippen LogP contribution in [0.3, 0.4) is 0 Å². The van der Waals surface area contributed by atoms with Gasteiger partial charge in [0.1, 0.15) is 12.4 Å². The zero-order valence-electron chi connectivity index (χ0n) is 14.7. The van der Waals surface area contributed by atoms with Crippen molar-refractivity contribution in [3.05, 3.63) is 63.6 Å². The van der Waals surface area contributed by atoms with E-state index in [-0.39, 0.29) is 6.61 Å². The molecule has 0 bridgehead atoms. The standard InChI is InChI=1S/C20H27BrN2O2/c1-16-5-2-3-6-17(16)15-25-20-8-7-19(21)13-18(20)14-23-10-4-9-22-11-12-24/h2-3,5-8,13,22-24H,4,9-12,14-15H2,1H3. The number of rotatable bonds is 11. The van der Waals surface area contributed by atoms with E-state index in [1.165, 1.54) is 11.1 Å². The van der Waals surface area contributed by atoms with E-state index in [0.717, 1.165) is 41.8 Å². The first-order valence-corrected chi connectivity index (χ1v) is 9.48. The summed E-state index contributed by atoms with van der Waals surface area (Å²) < 4.78 is 7.12. The molecule has 3 N–H and O–H groups in total. The van der Waals surface area contributed by atoms with Crippen LogP contribution >= 0.6 is 15.9 Å². The molecule has 0 aliphatic heterocycles. The molecular formula is C20H27BrN2O2. The number of ether oxygens (including phenoxy) is 1. The summed E-state index contributed by atoms with van der Waals surface area (Å²) in [5, 5.41) is 15.4. The molecule has 0 atom stereocenters. The summed E-state index contributed by atoms with van der Waals surface area (Å²) in [6, 6.07) is 14.4. The molecule has 0 unspecified atom stereocenters. The van der Waals surface area contributed by atoms with Crippen LogP contribution in [0.2, 0.25) is 0 Å². The van der Waals surface area contributed by atoms with E-state index in [4.69, 9.17) is 9.84 Å². The Morgan fingerprint density at radius 2 is 1.80 bits per heavy atom. The number of halogens is 1. The van der Waals surface area contributed by atoms with Crippen LogP contribution in [0.4, 0.5) is 0 Å². The highest BCUT2D eigenvalue weighted by Crippen LogP contribution is 2.24. The van der Waals surface area contributed by atoms with Crippen LogP contribution in [0.5, 0.6) is 5.75 Å². The number of benzene rings is 2. The number of aliphatic hydroxyl groups excluding tert-OH is 1. The van der Waals surface area contributed by atoms with Gasteiger partial charge in [0.2, 0.25) is 0 Å². The summed E-state index contributed by atoms with van der Waals surface area (Å²) in [6.45, 7) is 6.11. The Kier molecular flexibility index (Phi) is 8.97. The summed E-state index contributed by atoms with van der Waals surface area (Å²) in [6.07, 6.45) is 1.02. The molecular weight excluding hydrogens is 380 g/mol. The molecule has 2 aromatic rings. The molecule has 0 radical (unpaired) electrons. The lowest BCUT2D eigenvalue weighted by atomic mass is 10.1. The zero-order chi connectivity index (χ0) is 17.9. The highest BCUT2D eigenvalue weighted by Gasteiger charge is 2.06. The predicted molar refractivity (Wildman–Crippen MR) is 106 cm³/mol. The Balaban J connectivity index is 1.85. The van der Waals surface area contributed by atoms with Gasteiger partial charge in [-0.2, -0.15) is 0 Å². The molecule has 0 saturated carbocycles. The molecule has 2 aromatic carbocycles. The van der Waals surface area contributed by atoms with E-state index in [9.17, 15) is 0 Å². The topological polar surface area (TPSA) is 53.5 Å². The van der Waals surface area contributed by atoms with Crippen molar-refractivity contribution in [1.82, 2.24) is 10.6 Å². The second-order valence-electron chi connectivity index (χ2n) is 5.97. The summed E-state index contributed by atoms with van der Waals surface area (Å²) in [5.74, 6) is 0.914. The lowest BCUT2D eigenvalue weighted by molar-refractivity contribution is 0.292. The van der Waals surface area contributed by atoms with E-state index < -0.39 is 0 Å². The molecule has 4 nitrogen and oxygen atoms in total. The first-order valence-electron chi connectivity index (χ1n) is 8.68. The van der Waals surface area contributed by atoms with Crippen LogP contribution in [0.15, 0.2) is 46.9 Å². The van der Waals surface area contributed by atoms with Crippen molar-refractivity contribution in [2.75, 3.05) is 26.2 Å². The molecule has 0 aromatic heterocycles. The van der Waals surface area contributed by atoms with Crippen molar-refractivity contribution < 1.29 is 9.84 Å². The summed E-state index contributed by atoms with van der Waals surface area (Å²) >= 11 is 3.54. The second-order valence-corrected chi connectivity index (χ2v) is 6.89. The number of aryl methyl sites for hydroxylation is 1. The quantitative estimate of drug-likeness (QED) is 0.500. The first kappa shape index (κ1) is 19.9. The molecule has 0 heterocycles. The van der Waals surface area contributed by atoms with Gasteiger partial charge in [0.25, 0.3) is 0 Å². The lowest BCUT2D eigenvalue weighted by Crippen LogP contribution is -2.24. The fraction of sp³-hybridized carbons (Fsp3) is 0.400. The smallest absolute Gasteiger partial charge is 0.124 e. The third-order valence-corrected chi connectivity index (χ3v) is 4.47. The van der Waals surface area contributed by atoms with Gasteiger partial charge in [-0.3, -0.25) is 0 Å². The minimum absolute atomic E-state index is 0.188. The molecule has 25 heavy (non-hydrogen) atoms. The van der Waals surface area contributed by atoms with Crippen molar-refractivity contribution in [3.63, 3.8) is 0 Å². The number of aliphatic hydroxyl groups is 1. The van der Waals surface area contributed by atoms with E-state index >= 15 is 0 Å². The van der Waals surface area contributed by atoms with Gasteiger partial charge >= 0.3 is 0 Å². The van der Waals surface area contributed by atoms with Gasteiger partial charge in [-0.1, -0.05) is 40.2 Å². The highest BCUT2D eigenvalue weighted by molar-refractivity contribution is 9.10. The maximum atomic E-state index is 8.73. The van der Waals surface area contributed by atoms with Gasteiger partial charge in [-0.05, 0) is 55.8 Å². The maximum Gasteiger partial charge on any atom is 0.124 e. The van der Waals surface area contributed by atoms with Crippen molar-refractivity contribution >= 4 is 15.9 Å². The van der Waals surface area contributed by atoms with Crippen molar-refractivity contribution in [3.8, 4) is 5.75 Å². The molecule has 136 valence electrons. The molecule has 5 heteroatoms. The van der Waals surface area contributed by atoms with E-state index in [1.54, 1.807) is 0 Å². The zero-order valence-corrected chi connectivity index (χ0v) is 16.3. The average Bonchev–Trinajstić information content (AvgIpc) is 2.61. The van der Waals surface area contributed by atoms with Crippen molar-refractivity contribution in [2.45, 2.75) is 26.5 Å². The largest absolute Gasteiger partial charge is 0.489 e. The van der Waals surface area contributed by atoms with Crippen LogP contribution in [0.25, 0.3) is 0 Å². The molecule has 2 rings (SSSR count). The van der Waals surface area contributed by atoms with E-state index in [2.05, 4.69) is 51.7 Å². The Labute approximate surface area is 158 Å². The van der Waals surface area contributed by atoms with Gasteiger partial charge in [-0.25, -0.2) is 0 Å². The molecule has 0 saturated heterocycles. The van der Waals surface area contributed by atoms with E-state index in [0.29, 0.717) is 13.2 Å². The Hall–Kier alpha value is -1.40. The summed E-state index contributed by atoms with van der Waals surface area (Å²) in [5.41, 5.74) is 3.60. The van der Waals surface area contributed by atoms with Crippen LogP contribution in [0, 0.1) is 6.92 Å². The predicted octanol–water partition coefficient (Wildman–Crippen LogP) is 3.40. The van der Waals surface area contributed by atoms with Gasteiger partial charge in [0.05, 0.1) is 6.61 Å². The molecule has 0 aliphatic rings. The third kappa shape index (κ3) is 7.16. The van der Waals surface area contributed by atoms with Crippen LogP contribution in [-0.2, 0) is 13.2 Å². The van der Waals surface area contributed by atoms with Gasteiger partial charge < -0.3 is 20.5 Å². The molecule has 0 amide bonds. The fourth-order valence-corrected chi connectivity index (χ4v) is 2.93. The minimum atomic E-state index is 0.188. The maximum absolute atomic E-state index is 8.73.